The molecule has 0 fully saturated rings. The topological polar surface area (TPSA) is 44.1 Å². The van der Waals surface area contributed by atoms with Crippen LogP contribution in [0.2, 0.25) is 0 Å². The van der Waals surface area contributed by atoms with E-state index in [0.29, 0.717) is 25.5 Å². The fourth-order valence-electron chi connectivity index (χ4n) is 0.887. The summed E-state index contributed by atoms with van der Waals surface area (Å²) in [5.41, 5.74) is -0.239. The second kappa shape index (κ2) is 5.77. The van der Waals surface area contributed by atoms with Gasteiger partial charge in [0, 0.05) is 18.1 Å². The van der Waals surface area contributed by atoms with Crippen molar-refractivity contribution in [2.45, 2.75) is 6.54 Å². The van der Waals surface area contributed by atoms with Crippen LogP contribution in [0.15, 0.2) is 23.3 Å². The number of rotatable bonds is 5. The second-order valence-corrected chi connectivity index (χ2v) is 2.88. The van der Waals surface area contributed by atoms with Gasteiger partial charge in [0.25, 0.3) is 0 Å². The molecule has 0 saturated carbocycles. The van der Waals surface area contributed by atoms with Crippen molar-refractivity contribution in [2.24, 2.45) is 0 Å². The van der Waals surface area contributed by atoms with E-state index in [9.17, 15) is 4.79 Å². The molecule has 1 heterocycles. The standard InChI is InChI=1S/C8H12N2O2S/c11-8-9-2-1-3-10(8)4-5-12-6-7-13/h1-3,13H,4-7H2. The maximum atomic E-state index is 11.1. The summed E-state index contributed by atoms with van der Waals surface area (Å²) in [5, 5.41) is 0. The van der Waals surface area contributed by atoms with Gasteiger partial charge in [-0.15, -0.1) is 0 Å². The van der Waals surface area contributed by atoms with Crippen LogP contribution >= 0.6 is 12.6 Å². The van der Waals surface area contributed by atoms with E-state index in [-0.39, 0.29) is 5.69 Å². The molecule has 5 heteroatoms. The third kappa shape index (κ3) is 3.61. The lowest BCUT2D eigenvalue weighted by Crippen LogP contribution is -2.23. The molecule has 0 amide bonds. The molecule has 0 unspecified atom stereocenters. The van der Waals surface area contributed by atoms with Crippen LogP contribution in [0.4, 0.5) is 0 Å². The predicted molar refractivity (Wildman–Crippen MR) is 53.2 cm³/mol. The lowest BCUT2D eigenvalue weighted by atomic mass is 10.6. The van der Waals surface area contributed by atoms with Crippen molar-refractivity contribution in [3.05, 3.63) is 28.9 Å². The highest BCUT2D eigenvalue weighted by Gasteiger charge is 1.93. The van der Waals surface area contributed by atoms with E-state index in [1.165, 1.54) is 10.8 Å². The van der Waals surface area contributed by atoms with Crippen LogP contribution < -0.4 is 5.69 Å². The van der Waals surface area contributed by atoms with Gasteiger partial charge in [0.2, 0.25) is 0 Å². The van der Waals surface area contributed by atoms with Crippen LogP contribution in [0.1, 0.15) is 0 Å². The van der Waals surface area contributed by atoms with Gasteiger partial charge in [-0.1, -0.05) is 0 Å². The number of hydrogen-bond acceptors (Lipinski definition) is 4. The number of thiol groups is 1. The highest BCUT2D eigenvalue weighted by molar-refractivity contribution is 7.80. The molecule has 0 saturated heterocycles. The molecule has 0 spiro atoms. The van der Waals surface area contributed by atoms with Crippen molar-refractivity contribution in [3.8, 4) is 0 Å². The summed E-state index contributed by atoms with van der Waals surface area (Å²) in [5.74, 6) is 0.696. The fourth-order valence-corrected chi connectivity index (χ4v) is 1.02. The fraction of sp³-hybridized carbons (Fsp3) is 0.500. The van der Waals surface area contributed by atoms with Gasteiger partial charge >= 0.3 is 5.69 Å². The summed E-state index contributed by atoms with van der Waals surface area (Å²) >= 11 is 4.00. The molecule has 1 rings (SSSR count). The molecule has 0 aromatic carbocycles. The lowest BCUT2D eigenvalue weighted by molar-refractivity contribution is 0.140. The van der Waals surface area contributed by atoms with E-state index in [4.69, 9.17) is 4.74 Å². The van der Waals surface area contributed by atoms with Crippen molar-refractivity contribution in [1.82, 2.24) is 9.55 Å². The average Bonchev–Trinajstić information content (AvgIpc) is 2.15. The minimum atomic E-state index is -0.239. The highest BCUT2D eigenvalue weighted by atomic mass is 32.1. The Morgan fingerprint density at radius 1 is 1.54 bits per heavy atom. The molecule has 0 atom stereocenters. The molecule has 0 bridgehead atoms. The Balaban J connectivity index is 2.37. The Morgan fingerprint density at radius 2 is 2.38 bits per heavy atom. The average molecular weight is 200 g/mol. The molecule has 0 radical (unpaired) electrons. The van der Waals surface area contributed by atoms with Gasteiger partial charge in [0.15, 0.2) is 0 Å². The smallest absolute Gasteiger partial charge is 0.347 e. The Kier molecular flexibility index (Phi) is 4.56. The summed E-state index contributed by atoms with van der Waals surface area (Å²) in [6.45, 7) is 1.67. The molecular weight excluding hydrogens is 188 g/mol. The summed E-state index contributed by atoms with van der Waals surface area (Å²) in [4.78, 5) is 14.7. The zero-order chi connectivity index (χ0) is 9.52. The van der Waals surface area contributed by atoms with Gasteiger partial charge in [-0.25, -0.2) is 9.78 Å². The molecule has 72 valence electrons. The van der Waals surface area contributed by atoms with Crippen LogP contribution in [0, 0.1) is 0 Å². The van der Waals surface area contributed by atoms with E-state index in [1.807, 2.05) is 0 Å². The Hall–Kier alpha value is -0.810. The molecule has 0 aliphatic heterocycles. The van der Waals surface area contributed by atoms with Gasteiger partial charge in [-0.3, -0.25) is 4.57 Å². The van der Waals surface area contributed by atoms with Crippen molar-refractivity contribution >= 4 is 12.6 Å². The third-order valence-electron chi connectivity index (χ3n) is 1.49. The molecule has 0 N–H and O–H groups in total. The summed E-state index contributed by atoms with van der Waals surface area (Å²) in [6.07, 6.45) is 3.17. The van der Waals surface area contributed by atoms with Crippen LogP contribution in [0.25, 0.3) is 0 Å². The molecule has 0 aliphatic rings. The van der Waals surface area contributed by atoms with E-state index in [0.717, 1.165) is 0 Å². The van der Waals surface area contributed by atoms with Crippen molar-refractivity contribution in [1.29, 1.82) is 0 Å². The summed E-state index contributed by atoms with van der Waals surface area (Å²) in [7, 11) is 0. The molecule has 4 nitrogen and oxygen atoms in total. The van der Waals surface area contributed by atoms with Gasteiger partial charge in [0.05, 0.1) is 19.8 Å². The SMILES string of the molecule is O=c1ncccn1CCOCCS. The molecule has 13 heavy (non-hydrogen) atoms. The van der Waals surface area contributed by atoms with Gasteiger partial charge in [0.1, 0.15) is 0 Å². The molecule has 1 aromatic heterocycles. The normalized spacial score (nSPS) is 10.2. The van der Waals surface area contributed by atoms with E-state index < -0.39 is 0 Å². The van der Waals surface area contributed by atoms with E-state index in [1.54, 1.807) is 12.3 Å². The largest absolute Gasteiger partial charge is 0.379 e. The van der Waals surface area contributed by atoms with Crippen molar-refractivity contribution < 1.29 is 4.74 Å². The molecule has 0 aliphatic carbocycles. The maximum Gasteiger partial charge on any atom is 0.347 e. The molecular formula is C8H12N2O2S. The number of nitrogens with zero attached hydrogens (tertiary/aromatic N) is 2. The Bertz CT molecular complexity index is 300. The zero-order valence-electron chi connectivity index (χ0n) is 7.22. The Labute approximate surface area is 82.0 Å². The third-order valence-corrected chi connectivity index (χ3v) is 1.68. The minimum Gasteiger partial charge on any atom is -0.379 e. The van der Waals surface area contributed by atoms with Crippen LogP contribution in [-0.4, -0.2) is 28.5 Å². The predicted octanol–water partition coefficient (Wildman–Crippen LogP) is 0.190. The van der Waals surface area contributed by atoms with Crippen LogP contribution in [0.5, 0.6) is 0 Å². The second-order valence-electron chi connectivity index (χ2n) is 2.43. The first kappa shape index (κ1) is 10.3. The zero-order valence-corrected chi connectivity index (χ0v) is 8.11. The maximum absolute atomic E-state index is 11.1. The summed E-state index contributed by atoms with van der Waals surface area (Å²) < 4.78 is 6.69. The first-order valence-corrected chi connectivity index (χ1v) is 4.68. The number of hydrogen-bond donors (Lipinski definition) is 1. The van der Waals surface area contributed by atoms with Crippen molar-refractivity contribution in [3.63, 3.8) is 0 Å². The van der Waals surface area contributed by atoms with Gasteiger partial charge < -0.3 is 4.74 Å². The number of aromatic nitrogens is 2. The summed E-state index contributed by atoms with van der Waals surface area (Å²) in [6, 6.07) is 1.72. The number of ether oxygens (including phenoxy) is 1. The minimum absolute atomic E-state index is 0.239. The van der Waals surface area contributed by atoms with Gasteiger partial charge in [-0.05, 0) is 6.07 Å². The highest BCUT2D eigenvalue weighted by Crippen LogP contribution is 1.83. The van der Waals surface area contributed by atoms with Crippen molar-refractivity contribution in [2.75, 3.05) is 19.0 Å². The Morgan fingerprint density at radius 3 is 3.08 bits per heavy atom. The van der Waals surface area contributed by atoms with Gasteiger partial charge in [-0.2, -0.15) is 12.6 Å². The first-order chi connectivity index (χ1) is 6.34. The van der Waals surface area contributed by atoms with E-state index in [2.05, 4.69) is 17.6 Å². The first-order valence-electron chi connectivity index (χ1n) is 4.04. The molecule has 1 aromatic rings. The quantitative estimate of drug-likeness (QED) is 0.545. The monoisotopic (exact) mass is 200 g/mol. The van der Waals surface area contributed by atoms with E-state index >= 15 is 0 Å². The lowest BCUT2D eigenvalue weighted by Gasteiger charge is -2.03. The van der Waals surface area contributed by atoms with Crippen LogP contribution in [0.3, 0.4) is 0 Å². The van der Waals surface area contributed by atoms with Crippen LogP contribution in [-0.2, 0) is 11.3 Å².